The van der Waals surface area contributed by atoms with Crippen molar-refractivity contribution in [3.8, 4) is 0 Å². The maximum absolute atomic E-state index is 13.1. The Labute approximate surface area is 122 Å². The number of aliphatic hydroxyl groups excluding tert-OH is 1. The Morgan fingerprint density at radius 3 is 2.44 bits per heavy atom. The highest BCUT2D eigenvalue weighted by Crippen LogP contribution is 2.32. The van der Waals surface area contributed by atoms with Gasteiger partial charge in [-0.05, 0) is 48.4 Å². The molecule has 1 N–H and O–H groups in total. The summed E-state index contributed by atoms with van der Waals surface area (Å²) >= 11 is 6.79. The summed E-state index contributed by atoms with van der Waals surface area (Å²) in [4.78, 5) is 0. The second-order valence-corrected chi connectivity index (χ2v) is 5.84. The second-order valence-electron chi connectivity index (χ2n) is 4.07. The predicted octanol–water partition coefficient (Wildman–Crippen LogP) is 4.74. The molecule has 0 aliphatic carbocycles. The topological polar surface area (TPSA) is 20.2 Å². The zero-order valence-electron chi connectivity index (χ0n) is 9.62. The van der Waals surface area contributed by atoms with Gasteiger partial charge in [-0.25, -0.2) is 4.39 Å². The van der Waals surface area contributed by atoms with Crippen LogP contribution in [0.3, 0.4) is 0 Å². The smallest absolute Gasteiger partial charge is 0.123 e. The number of hydrogen-bond acceptors (Lipinski definition) is 1. The Hall–Kier alpha value is -0.710. The molecule has 0 aliphatic rings. The average Bonchev–Trinajstić information content (AvgIpc) is 2.31. The minimum absolute atomic E-state index is 0.295. The van der Waals surface area contributed by atoms with Crippen LogP contribution in [-0.4, -0.2) is 5.11 Å². The summed E-state index contributed by atoms with van der Waals surface area (Å²) in [5, 5.41) is 10.4. The first-order valence-electron chi connectivity index (χ1n) is 5.38. The quantitative estimate of drug-likeness (QED) is 0.805. The van der Waals surface area contributed by atoms with Gasteiger partial charge in [-0.2, -0.15) is 0 Å². The van der Waals surface area contributed by atoms with Crippen molar-refractivity contribution < 1.29 is 9.50 Å². The van der Waals surface area contributed by atoms with E-state index in [1.54, 1.807) is 13.0 Å². The summed E-state index contributed by atoms with van der Waals surface area (Å²) in [5.41, 5.74) is 2.18. The number of aliphatic hydroxyl groups is 1. The molecule has 2 aromatic rings. The lowest BCUT2D eigenvalue weighted by atomic mass is 9.97. The van der Waals surface area contributed by atoms with Crippen LogP contribution in [0.4, 0.5) is 4.39 Å². The summed E-state index contributed by atoms with van der Waals surface area (Å²) < 4.78 is 14.8. The van der Waals surface area contributed by atoms with Gasteiger partial charge in [-0.15, -0.1) is 0 Å². The fourth-order valence-corrected chi connectivity index (χ4v) is 2.68. The number of aryl methyl sites for hydroxylation is 1. The van der Waals surface area contributed by atoms with Crippen molar-refractivity contribution in [2.75, 3.05) is 0 Å². The molecule has 4 heteroatoms. The SMILES string of the molecule is Cc1cc(F)ccc1C(O)c1cc(Br)ccc1Br. The summed E-state index contributed by atoms with van der Waals surface area (Å²) in [6.07, 6.45) is -0.780. The van der Waals surface area contributed by atoms with Gasteiger partial charge >= 0.3 is 0 Å². The number of benzene rings is 2. The van der Waals surface area contributed by atoms with Crippen molar-refractivity contribution in [1.82, 2.24) is 0 Å². The Bertz CT molecular complexity index is 584. The Kier molecular flexibility index (Phi) is 4.20. The van der Waals surface area contributed by atoms with E-state index in [2.05, 4.69) is 31.9 Å². The standard InChI is InChI=1S/C14H11Br2FO/c1-8-6-10(17)3-4-11(8)14(18)12-7-9(15)2-5-13(12)16/h2-7,14,18H,1H3. The van der Waals surface area contributed by atoms with Crippen molar-refractivity contribution in [2.45, 2.75) is 13.0 Å². The van der Waals surface area contributed by atoms with E-state index in [0.29, 0.717) is 5.56 Å². The molecule has 2 aromatic carbocycles. The van der Waals surface area contributed by atoms with Crippen molar-refractivity contribution in [1.29, 1.82) is 0 Å². The summed E-state index contributed by atoms with van der Waals surface area (Å²) in [6, 6.07) is 9.99. The normalized spacial score (nSPS) is 12.5. The van der Waals surface area contributed by atoms with Crippen molar-refractivity contribution >= 4 is 31.9 Å². The van der Waals surface area contributed by atoms with E-state index in [-0.39, 0.29) is 5.82 Å². The maximum Gasteiger partial charge on any atom is 0.123 e. The van der Waals surface area contributed by atoms with Gasteiger partial charge < -0.3 is 5.11 Å². The lowest BCUT2D eigenvalue weighted by Crippen LogP contribution is -2.03. The molecule has 0 radical (unpaired) electrons. The zero-order chi connectivity index (χ0) is 13.3. The molecule has 0 amide bonds. The molecule has 18 heavy (non-hydrogen) atoms. The molecule has 0 spiro atoms. The Morgan fingerprint density at radius 2 is 1.78 bits per heavy atom. The molecular formula is C14H11Br2FO. The van der Waals surface area contributed by atoms with Gasteiger partial charge in [-0.1, -0.05) is 37.9 Å². The van der Waals surface area contributed by atoms with Gasteiger partial charge in [0.15, 0.2) is 0 Å². The van der Waals surface area contributed by atoms with Crippen LogP contribution in [0.15, 0.2) is 45.3 Å². The molecule has 0 saturated heterocycles. The Morgan fingerprint density at radius 1 is 1.06 bits per heavy atom. The molecule has 1 atom stereocenters. The molecule has 94 valence electrons. The third-order valence-corrected chi connectivity index (χ3v) is 3.99. The van der Waals surface area contributed by atoms with Crippen LogP contribution in [0.1, 0.15) is 22.8 Å². The molecule has 1 unspecified atom stereocenters. The van der Waals surface area contributed by atoms with Gasteiger partial charge in [0.2, 0.25) is 0 Å². The van der Waals surface area contributed by atoms with Crippen molar-refractivity contribution in [3.05, 3.63) is 67.9 Å². The highest BCUT2D eigenvalue weighted by Gasteiger charge is 2.16. The van der Waals surface area contributed by atoms with E-state index >= 15 is 0 Å². The number of hydrogen-bond donors (Lipinski definition) is 1. The summed E-state index contributed by atoms with van der Waals surface area (Å²) in [6.45, 7) is 1.79. The van der Waals surface area contributed by atoms with Gasteiger partial charge in [0.25, 0.3) is 0 Å². The van der Waals surface area contributed by atoms with Crippen LogP contribution in [0.5, 0.6) is 0 Å². The molecule has 0 fully saturated rings. The fourth-order valence-electron chi connectivity index (χ4n) is 1.84. The van der Waals surface area contributed by atoms with Crippen LogP contribution < -0.4 is 0 Å². The minimum atomic E-state index is -0.780. The Balaban J connectivity index is 2.47. The predicted molar refractivity (Wildman–Crippen MR) is 77.0 cm³/mol. The number of rotatable bonds is 2. The molecule has 1 nitrogen and oxygen atoms in total. The lowest BCUT2D eigenvalue weighted by molar-refractivity contribution is 0.218. The van der Waals surface area contributed by atoms with Crippen LogP contribution in [0.2, 0.25) is 0 Å². The molecule has 0 aliphatic heterocycles. The second kappa shape index (κ2) is 5.51. The maximum atomic E-state index is 13.1. The van der Waals surface area contributed by atoms with E-state index in [0.717, 1.165) is 20.1 Å². The molecule has 0 saturated carbocycles. The highest BCUT2D eigenvalue weighted by atomic mass is 79.9. The molecule has 0 bridgehead atoms. The molecule has 2 rings (SSSR count). The van der Waals surface area contributed by atoms with Crippen LogP contribution >= 0.6 is 31.9 Å². The third-order valence-electron chi connectivity index (χ3n) is 2.78. The van der Waals surface area contributed by atoms with E-state index in [9.17, 15) is 9.50 Å². The first-order valence-corrected chi connectivity index (χ1v) is 6.96. The van der Waals surface area contributed by atoms with Crippen molar-refractivity contribution in [2.24, 2.45) is 0 Å². The molecule has 0 heterocycles. The van der Waals surface area contributed by atoms with Crippen molar-refractivity contribution in [3.63, 3.8) is 0 Å². The van der Waals surface area contributed by atoms with Gasteiger partial charge in [0, 0.05) is 14.5 Å². The molecule has 0 aromatic heterocycles. The zero-order valence-corrected chi connectivity index (χ0v) is 12.8. The fraction of sp³-hybridized carbons (Fsp3) is 0.143. The van der Waals surface area contributed by atoms with Crippen LogP contribution in [-0.2, 0) is 0 Å². The largest absolute Gasteiger partial charge is 0.384 e. The summed E-state index contributed by atoms with van der Waals surface area (Å²) in [7, 11) is 0. The van der Waals surface area contributed by atoms with E-state index in [1.807, 2.05) is 18.2 Å². The average molecular weight is 374 g/mol. The number of halogens is 3. The van der Waals surface area contributed by atoms with Gasteiger partial charge in [0.1, 0.15) is 11.9 Å². The van der Waals surface area contributed by atoms with E-state index < -0.39 is 6.10 Å². The van der Waals surface area contributed by atoms with Crippen LogP contribution in [0, 0.1) is 12.7 Å². The lowest BCUT2D eigenvalue weighted by Gasteiger charge is -2.16. The minimum Gasteiger partial charge on any atom is -0.384 e. The highest BCUT2D eigenvalue weighted by molar-refractivity contribution is 9.11. The van der Waals surface area contributed by atoms with Gasteiger partial charge in [0.05, 0.1) is 0 Å². The molecular weight excluding hydrogens is 363 g/mol. The monoisotopic (exact) mass is 372 g/mol. The first-order chi connectivity index (χ1) is 8.49. The summed E-state index contributed by atoms with van der Waals surface area (Å²) in [5.74, 6) is -0.295. The van der Waals surface area contributed by atoms with Crippen LogP contribution in [0.25, 0.3) is 0 Å². The van der Waals surface area contributed by atoms with E-state index in [1.165, 1.54) is 12.1 Å². The van der Waals surface area contributed by atoms with Gasteiger partial charge in [-0.3, -0.25) is 0 Å². The van der Waals surface area contributed by atoms with E-state index in [4.69, 9.17) is 0 Å². The third kappa shape index (κ3) is 2.82. The first kappa shape index (κ1) is 13.7.